The van der Waals surface area contributed by atoms with Crippen LogP contribution in [0, 0.1) is 5.82 Å². The van der Waals surface area contributed by atoms with E-state index in [-0.39, 0.29) is 18.5 Å². The number of benzene rings is 1. The van der Waals surface area contributed by atoms with E-state index in [1.165, 1.54) is 7.11 Å². The van der Waals surface area contributed by atoms with Gasteiger partial charge in [-0.05, 0) is 24.6 Å². The number of nitrogens with one attached hydrogen (secondary N) is 1. The summed E-state index contributed by atoms with van der Waals surface area (Å²) in [4.78, 5) is 21.8. The van der Waals surface area contributed by atoms with Gasteiger partial charge in [-0.25, -0.2) is 17.6 Å². The maximum Gasteiger partial charge on any atom is 0.337 e. The van der Waals surface area contributed by atoms with E-state index in [1.807, 2.05) is 0 Å². The third-order valence-electron chi connectivity index (χ3n) is 2.50. The summed E-state index contributed by atoms with van der Waals surface area (Å²) in [7, 11) is -2.66. The molecule has 0 bridgehead atoms. The summed E-state index contributed by atoms with van der Waals surface area (Å²) in [6, 6.07) is 2.68. The van der Waals surface area contributed by atoms with Gasteiger partial charge in [-0.2, -0.15) is 0 Å². The Labute approximate surface area is 120 Å². The average Bonchev–Trinajstić information content (AvgIpc) is 2.39. The summed E-state index contributed by atoms with van der Waals surface area (Å²) in [6.45, 7) is 0. The number of carbonyl (C=O) groups is 2. The molecule has 7 nitrogen and oxygen atoms in total. The van der Waals surface area contributed by atoms with E-state index in [0.717, 1.165) is 12.1 Å². The van der Waals surface area contributed by atoms with Gasteiger partial charge in [0.2, 0.25) is 10.0 Å². The van der Waals surface area contributed by atoms with E-state index in [4.69, 9.17) is 5.11 Å². The van der Waals surface area contributed by atoms with Gasteiger partial charge in [0.25, 0.3) is 0 Å². The van der Waals surface area contributed by atoms with Crippen molar-refractivity contribution in [1.82, 2.24) is 0 Å². The van der Waals surface area contributed by atoms with Crippen molar-refractivity contribution in [2.75, 3.05) is 17.6 Å². The van der Waals surface area contributed by atoms with Gasteiger partial charge in [-0.3, -0.25) is 9.52 Å². The van der Waals surface area contributed by atoms with Gasteiger partial charge in [0.05, 0.1) is 24.1 Å². The smallest absolute Gasteiger partial charge is 0.337 e. The lowest BCUT2D eigenvalue weighted by Gasteiger charge is -2.10. The van der Waals surface area contributed by atoms with Crippen molar-refractivity contribution in [1.29, 1.82) is 0 Å². The largest absolute Gasteiger partial charge is 0.478 e. The Bertz CT molecular complexity index is 643. The first-order chi connectivity index (χ1) is 9.75. The summed E-state index contributed by atoms with van der Waals surface area (Å²) in [5.41, 5.74) is -0.728. The molecule has 1 aromatic rings. The molecule has 0 aromatic heterocycles. The number of rotatable bonds is 7. The first-order valence-electron chi connectivity index (χ1n) is 5.85. The monoisotopic (exact) mass is 319 g/mol. The number of carbonyl (C=O) groups excluding carboxylic acids is 1. The normalized spacial score (nSPS) is 11.0. The molecule has 2 N–H and O–H groups in total. The molecule has 0 heterocycles. The first kappa shape index (κ1) is 16.9. The maximum atomic E-state index is 13.0. The molecule has 0 aliphatic heterocycles. The number of hydrogen-bond donors (Lipinski definition) is 2. The minimum Gasteiger partial charge on any atom is -0.478 e. The molecule has 0 aliphatic rings. The van der Waals surface area contributed by atoms with Crippen LogP contribution in [-0.4, -0.2) is 38.3 Å². The van der Waals surface area contributed by atoms with Gasteiger partial charge in [0.15, 0.2) is 0 Å². The minimum atomic E-state index is -3.85. The molecule has 21 heavy (non-hydrogen) atoms. The molecule has 1 aromatic carbocycles. The van der Waals surface area contributed by atoms with E-state index in [0.29, 0.717) is 6.07 Å². The zero-order chi connectivity index (χ0) is 16.0. The van der Waals surface area contributed by atoms with Crippen LogP contribution in [0.5, 0.6) is 0 Å². The third-order valence-corrected chi connectivity index (χ3v) is 3.86. The zero-order valence-corrected chi connectivity index (χ0v) is 11.9. The van der Waals surface area contributed by atoms with E-state index < -0.39 is 39.1 Å². The fraction of sp³-hybridized carbons (Fsp3) is 0.333. The van der Waals surface area contributed by atoms with Crippen LogP contribution in [-0.2, 0) is 19.6 Å². The summed E-state index contributed by atoms with van der Waals surface area (Å²) in [5, 5.41) is 8.91. The number of anilines is 1. The van der Waals surface area contributed by atoms with Gasteiger partial charge in [-0.15, -0.1) is 0 Å². The van der Waals surface area contributed by atoms with E-state index >= 15 is 0 Å². The molecule has 0 aliphatic carbocycles. The summed E-state index contributed by atoms with van der Waals surface area (Å²) < 4.78 is 43.0. The van der Waals surface area contributed by atoms with Crippen molar-refractivity contribution < 1.29 is 32.2 Å². The molecule has 0 unspecified atom stereocenters. The first-order valence-corrected chi connectivity index (χ1v) is 7.50. The van der Waals surface area contributed by atoms with E-state index in [9.17, 15) is 22.4 Å². The molecule has 116 valence electrons. The van der Waals surface area contributed by atoms with Crippen LogP contribution >= 0.6 is 0 Å². The van der Waals surface area contributed by atoms with Crippen molar-refractivity contribution in [2.45, 2.75) is 12.8 Å². The minimum absolute atomic E-state index is 0.0195. The predicted octanol–water partition coefficient (Wildman–Crippen LogP) is 1.22. The molecule has 0 saturated heterocycles. The predicted molar refractivity (Wildman–Crippen MR) is 72.0 cm³/mol. The summed E-state index contributed by atoms with van der Waals surface area (Å²) in [5.74, 6) is -3.18. The number of ether oxygens (including phenoxy) is 1. The summed E-state index contributed by atoms with van der Waals surface area (Å²) in [6.07, 6.45) is -0.0573. The SMILES string of the molecule is COC(=O)CCCS(=O)(=O)Nc1ccc(F)cc1C(=O)O. The Morgan fingerprint density at radius 1 is 1.38 bits per heavy atom. The van der Waals surface area contributed by atoms with Gasteiger partial charge >= 0.3 is 11.9 Å². The molecule has 9 heteroatoms. The number of carboxylic acids is 1. The van der Waals surface area contributed by atoms with Crippen LogP contribution in [0.3, 0.4) is 0 Å². The van der Waals surface area contributed by atoms with Gasteiger partial charge in [-0.1, -0.05) is 0 Å². The molecule has 1 rings (SSSR count). The average molecular weight is 319 g/mol. The standard InChI is InChI=1S/C12H14FNO6S/c1-20-11(15)3-2-6-21(18,19)14-10-5-4-8(13)7-9(10)12(16)17/h4-5,7,14H,2-3,6H2,1H3,(H,16,17). The Morgan fingerprint density at radius 3 is 2.62 bits per heavy atom. The number of esters is 1. The highest BCUT2D eigenvalue weighted by Crippen LogP contribution is 2.19. The van der Waals surface area contributed by atoms with Crippen LogP contribution in [0.15, 0.2) is 18.2 Å². The van der Waals surface area contributed by atoms with Crippen molar-refractivity contribution in [3.63, 3.8) is 0 Å². The van der Waals surface area contributed by atoms with Crippen molar-refractivity contribution in [3.05, 3.63) is 29.6 Å². The lowest BCUT2D eigenvalue weighted by Crippen LogP contribution is -2.19. The Balaban J connectivity index is 2.80. The molecular weight excluding hydrogens is 305 g/mol. The number of halogens is 1. The fourth-order valence-corrected chi connectivity index (χ4v) is 2.65. The third kappa shape index (κ3) is 5.38. The molecule has 0 radical (unpaired) electrons. The Hall–Kier alpha value is -2.16. The highest BCUT2D eigenvalue weighted by molar-refractivity contribution is 7.92. The highest BCUT2D eigenvalue weighted by atomic mass is 32.2. The molecule has 0 atom stereocenters. The molecule has 0 spiro atoms. The molecule has 0 saturated carbocycles. The number of hydrogen-bond acceptors (Lipinski definition) is 5. The summed E-state index contributed by atoms with van der Waals surface area (Å²) >= 11 is 0. The number of aromatic carboxylic acids is 1. The Morgan fingerprint density at radius 2 is 2.05 bits per heavy atom. The maximum absolute atomic E-state index is 13.0. The molecular formula is C12H14FNO6S. The lowest BCUT2D eigenvalue weighted by atomic mass is 10.2. The van der Waals surface area contributed by atoms with Crippen LogP contribution in [0.2, 0.25) is 0 Å². The van der Waals surface area contributed by atoms with Crippen LogP contribution in [0.4, 0.5) is 10.1 Å². The van der Waals surface area contributed by atoms with E-state index in [1.54, 1.807) is 0 Å². The fourth-order valence-electron chi connectivity index (χ4n) is 1.51. The molecule has 0 fully saturated rings. The second-order valence-electron chi connectivity index (χ2n) is 4.10. The van der Waals surface area contributed by atoms with Crippen molar-refractivity contribution in [3.8, 4) is 0 Å². The number of carboxylic acid groups (broad SMARTS) is 1. The second-order valence-corrected chi connectivity index (χ2v) is 5.94. The van der Waals surface area contributed by atoms with Crippen molar-refractivity contribution >= 4 is 27.6 Å². The topological polar surface area (TPSA) is 110 Å². The van der Waals surface area contributed by atoms with E-state index in [2.05, 4.69) is 9.46 Å². The molecule has 0 amide bonds. The Kier molecular flexibility index (Phi) is 5.65. The quantitative estimate of drug-likeness (QED) is 0.731. The van der Waals surface area contributed by atoms with Crippen molar-refractivity contribution in [2.24, 2.45) is 0 Å². The van der Waals surface area contributed by atoms with Crippen LogP contribution in [0.25, 0.3) is 0 Å². The highest BCUT2D eigenvalue weighted by Gasteiger charge is 2.17. The van der Waals surface area contributed by atoms with Crippen LogP contribution in [0.1, 0.15) is 23.2 Å². The van der Waals surface area contributed by atoms with Gasteiger partial charge in [0, 0.05) is 6.42 Å². The number of methoxy groups -OCH3 is 1. The lowest BCUT2D eigenvalue weighted by molar-refractivity contribution is -0.140. The second kappa shape index (κ2) is 7.02. The van der Waals surface area contributed by atoms with Crippen LogP contribution < -0.4 is 4.72 Å². The van der Waals surface area contributed by atoms with Gasteiger partial charge in [0.1, 0.15) is 5.82 Å². The number of sulfonamides is 1. The zero-order valence-electron chi connectivity index (χ0n) is 11.1. The van der Waals surface area contributed by atoms with Gasteiger partial charge < -0.3 is 9.84 Å².